The number of hydrogen-bond acceptors (Lipinski definition) is 5. The fraction of sp³-hybridized carbons (Fsp3) is 0.385. The zero-order valence-corrected chi connectivity index (χ0v) is 18.8. The third-order valence-electron chi connectivity index (χ3n) is 6.21. The van der Waals surface area contributed by atoms with Crippen LogP contribution in [0.5, 0.6) is 0 Å². The van der Waals surface area contributed by atoms with Crippen LogP contribution < -0.4 is 5.56 Å². The van der Waals surface area contributed by atoms with E-state index in [-0.39, 0.29) is 12.2 Å². The average molecular weight is 448 g/mol. The quantitative estimate of drug-likeness (QED) is 0.556. The lowest BCUT2D eigenvalue weighted by molar-refractivity contribution is -0.142. The number of pyridine rings is 1. The van der Waals surface area contributed by atoms with Gasteiger partial charge in [0.1, 0.15) is 12.3 Å². The van der Waals surface area contributed by atoms with Crippen LogP contribution in [0.3, 0.4) is 0 Å². The van der Waals surface area contributed by atoms with Crippen molar-refractivity contribution in [1.82, 2.24) is 14.8 Å². The smallest absolute Gasteiger partial charge is 0.329 e. The van der Waals surface area contributed by atoms with Crippen LogP contribution in [0.1, 0.15) is 31.2 Å². The van der Waals surface area contributed by atoms with E-state index < -0.39 is 5.97 Å². The summed E-state index contributed by atoms with van der Waals surface area (Å²) in [7, 11) is 0. The van der Waals surface area contributed by atoms with Crippen molar-refractivity contribution in [1.29, 1.82) is 0 Å². The van der Waals surface area contributed by atoms with Gasteiger partial charge in [-0.3, -0.25) is 9.78 Å². The number of nitrogens with zero attached hydrogens (tertiary/aromatic N) is 3. The van der Waals surface area contributed by atoms with Crippen LogP contribution in [0.4, 0.5) is 0 Å². The van der Waals surface area contributed by atoms with Crippen molar-refractivity contribution in [2.45, 2.75) is 39.2 Å². The van der Waals surface area contributed by atoms with Crippen molar-refractivity contribution >= 4 is 5.97 Å². The van der Waals surface area contributed by atoms with Gasteiger partial charge in [0.15, 0.2) is 0 Å². The second-order valence-corrected chi connectivity index (χ2v) is 8.84. The fourth-order valence-corrected chi connectivity index (χ4v) is 4.49. The summed E-state index contributed by atoms with van der Waals surface area (Å²) in [4.78, 5) is 28.0. The van der Waals surface area contributed by atoms with Gasteiger partial charge in [-0.2, -0.15) is 5.10 Å². The van der Waals surface area contributed by atoms with Gasteiger partial charge in [-0.05, 0) is 61.6 Å². The Morgan fingerprint density at radius 1 is 1.06 bits per heavy atom. The lowest BCUT2D eigenvalue weighted by atomic mass is 9.82. The van der Waals surface area contributed by atoms with Crippen molar-refractivity contribution in [3.05, 3.63) is 70.8 Å². The Balaban J connectivity index is 1.54. The highest BCUT2D eigenvalue weighted by atomic mass is 16.5. The van der Waals surface area contributed by atoms with Crippen LogP contribution in [0.2, 0.25) is 0 Å². The van der Waals surface area contributed by atoms with Gasteiger partial charge in [0.2, 0.25) is 0 Å². The van der Waals surface area contributed by atoms with E-state index >= 15 is 0 Å². The molecule has 0 amide bonds. The molecule has 1 saturated carbocycles. The molecule has 0 aliphatic heterocycles. The Morgan fingerprint density at radius 3 is 2.48 bits per heavy atom. The summed E-state index contributed by atoms with van der Waals surface area (Å²) in [6.45, 7) is 2.80. The number of benzene rings is 1. The van der Waals surface area contributed by atoms with Crippen LogP contribution in [0.15, 0.2) is 59.7 Å². The van der Waals surface area contributed by atoms with Gasteiger partial charge in [0.05, 0.1) is 6.61 Å². The lowest BCUT2D eigenvalue weighted by Crippen LogP contribution is -2.29. The summed E-state index contributed by atoms with van der Waals surface area (Å²) >= 11 is 0. The Labute approximate surface area is 193 Å². The molecule has 1 aliphatic carbocycles. The predicted octanol–water partition coefficient (Wildman–Crippen LogP) is 4.19. The minimum absolute atomic E-state index is 0.106. The first kappa shape index (κ1) is 22.9. The number of ether oxygens (including phenoxy) is 1. The standard InChI is InChI=1S/C26H29N3O4/c1-18-11-22(14-27-13-18)26-23(21-5-3-2-4-6-21)12-24(30)29(28-26)15-19-7-9-20(10-8-19)16-33-17-25(31)32/h2-6,11-14,19-20H,7-10,15-17H2,1H3,(H,31,32)/t19-,20-. The molecule has 1 N–H and O–H groups in total. The number of carboxylic acids is 1. The second kappa shape index (κ2) is 10.5. The molecule has 0 radical (unpaired) electrons. The molecule has 4 rings (SSSR count). The van der Waals surface area contributed by atoms with Gasteiger partial charge >= 0.3 is 5.97 Å². The van der Waals surface area contributed by atoms with E-state index in [2.05, 4.69) is 4.98 Å². The minimum Gasteiger partial charge on any atom is -0.480 e. The molecular weight excluding hydrogens is 418 g/mol. The fourth-order valence-electron chi connectivity index (χ4n) is 4.49. The average Bonchev–Trinajstić information content (AvgIpc) is 2.81. The molecule has 0 bridgehead atoms. The van der Waals surface area contributed by atoms with E-state index in [9.17, 15) is 9.59 Å². The molecular formula is C26H29N3O4. The van der Waals surface area contributed by atoms with E-state index in [1.807, 2.05) is 43.3 Å². The molecule has 3 aromatic rings. The predicted molar refractivity (Wildman–Crippen MR) is 126 cm³/mol. The molecule has 2 aromatic heterocycles. The first-order valence-corrected chi connectivity index (χ1v) is 11.4. The summed E-state index contributed by atoms with van der Waals surface area (Å²) in [6.07, 6.45) is 7.47. The van der Waals surface area contributed by atoms with Crippen LogP contribution in [0, 0.1) is 18.8 Å². The van der Waals surface area contributed by atoms with Gasteiger partial charge in [0, 0.05) is 36.1 Å². The Hall–Kier alpha value is -3.32. The highest BCUT2D eigenvalue weighted by molar-refractivity contribution is 5.80. The van der Waals surface area contributed by atoms with E-state index in [1.54, 1.807) is 23.1 Å². The van der Waals surface area contributed by atoms with Gasteiger partial charge in [-0.1, -0.05) is 30.3 Å². The number of hydrogen-bond donors (Lipinski definition) is 1. The number of rotatable bonds is 8. The number of aromatic nitrogens is 3. The normalized spacial score (nSPS) is 18.2. The maximum Gasteiger partial charge on any atom is 0.329 e. The Morgan fingerprint density at radius 2 is 1.79 bits per heavy atom. The molecule has 33 heavy (non-hydrogen) atoms. The molecule has 1 aromatic carbocycles. The lowest BCUT2D eigenvalue weighted by Gasteiger charge is -2.28. The minimum atomic E-state index is -0.937. The van der Waals surface area contributed by atoms with Crippen molar-refractivity contribution in [3.8, 4) is 22.4 Å². The molecule has 7 nitrogen and oxygen atoms in total. The second-order valence-electron chi connectivity index (χ2n) is 8.84. The first-order valence-electron chi connectivity index (χ1n) is 11.4. The number of aliphatic carboxylic acids is 1. The summed E-state index contributed by atoms with van der Waals surface area (Å²) in [5.41, 5.74) is 4.34. The van der Waals surface area contributed by atoms with Crippen LogP contribution in [0.25, 0.3) is 22.4 Å². The van der Waals surface area contributed by atoms with E-state index in [4.69, 9.17) is 14.9 Å². The largest absolute Gasteiger partial charge is 0.480 e. The van der Waals surface area contributed by atoms with Gasteiger partial charge in [0.25, 0.3) is 5.56 Å². The number of aryl methyl sites for hydroxylation is 1. The van der Waals surface area contributed by atoms with Gasteiger partial charge in [-0.25, -0.2) is 9.48 Å². The third kappa shape index (κ3) is 5.93. The van der Waals surface area contributed by atoms with Crippen molar-refractivity contribution < 1.29 is 14.6 Å². The van der Waals surface area contributed by atoms with Crippen molar-refractivity contribution in [2.75, 3.05) is 13.2 Å². The molecule has 0 spiro atoms. The molecule has 7 heteroatoms. The van der Waals surface area contributed by atoms with Crippen LogP contribution >= 0.6 is 0 Å². The first-order chi connectivity index (χ1) is 16.0. The zero-order chi connectivity index (χ0) is 23.2. The zero-order valence-electron chi connectivity index (χ0n) is 18.8. The third-order valence-corrected chi connectivity index (χ3v) is 6.21. The van der Waals surface area contributed by atoms with Crippen molar-refractivity contribution in [3.63, 3.8) is 0 Å². The highest BCUT2D eigenvalue weighted by Crippen LogP contribution is 2.31. The molecule has 1 aliphatic rings. The SMILES string of the molecule is Cc1cncc(-c2nn(C[C@H]3CC[C@H](COCC(=O)O)CC3)c(=O)cc2-c2ccccc2)c1. The molecule has 2 heterocycles. The maximum absolute atomic E-state index is 13.0. The summed E-state index contributed by atoms with van der Waals surface area (Å²) in [5, 5.41) is 13.5. The topological polar surface area (TPSA) is 94.3 Å². The van der Waals surface area contributed by atoms with Crippen molar-refractivity contribution in [2.24, 2.45) is 11.8 Å². The van der Waals surface area contributed by atoms with Gasteiger partial charge in [-0.15, -0.1) is 0 Å². The molecule has 1 fully saturated rings. The van der Waals surface area contributed by atoms with E-state index in [1.165, 1.54) is 0 Å². The summed E-state index contributed by atoms with van der Waals surface area (Å²) in [5.74, 6) is -0.204. The monoisotopic (exact) mass is 447 g/mol. The molecule has 0 atom stereocenters. The molecule has 0 saturated heterocycles. The molecule has 0 unspecified atom stereocenters. The van der Waals surface area contributed by atoms with E-state index in [0.717, 1.165) is 53.6 Å². The maximum atomic E-state index is 13.0. The number of carbonyl (C=O) groups is 1. The number of carboxylic acid groups (broad SMARTS) is 1. The van der Waals surface area contributed by atoms with Gasteiger partial charge < -0.3 is 9.84 Å². The van der Waals surface area contributed by atoms with E-state index in [0.29, 0.717) is 25.0 Å². The molecule has 172 valence electrons. The van der Waals surface area contributed by atoms with Crippen LogP contribution in [-0.2, 0) is 16.1 Å². The summed E-state index contributed by atoms with van der Waals surface area (Å²) in [6, 6.07) is 13.6. The highest BCUT2D eigenvalue weighted by Gasteiger charge is 2.23. The Bertz CT molecular complexity index is 1150. The Kier molecular flexibility index (Phi) is 7.29. The summed E-state index contributed by atoms with van der Waals surface area (Å²) < 4.78 is 6.86. The van der Waals surface area contributed by atoms with Crippen LogP contribution in [-0.4, -0.2) is 39.1 Å².